The molecule has 2 aromatic rings. The number of hydrogen-bond acceptors (Lipinski definition) is 5. The van der Waals surface area contributed by atoms with Crippen LogP contribution in [0.15, 0.2) is 34.4 Å². The maximum atomic E-state index is 11.9. The normalized spacial score (nSPS) is 12.1. The average Bonchev–Trinajstić information content (AvgIpc) is 2.79. The number of ether oxygens (including phenoxy) is 1. The second-order valence-corrected chi connectivity index (χ2v) is 4.90. The lowest BCUT2D eigenvalue weighted by molar-refractivity contribution is -0.144. The van der Waals surface area contributed by atoms with Crippen LogP contribution in [0.3, 0.4) is 0 Å². The zero-order chi connectivity index (χ0) is 14.0. The number of benzene rings is 1. The van der Waals surface area contributed by atoms with E-state index in [-0.39, 0.29) is 4.87 Å². The Kier molecular flexibility index (Phi) is 3.71. The minimum absolute atomic E-state index is 0.190. The molecule has 1 heterocycles. The van der Waals surface area contributed by atoms with Crippen LogP contribution in [0, 0.1) is 0 Å². The van der Waals surface area contributed by atoms with Crippen molar-refractivity contribution in [1.29, 1.82) is 0 Å². The summed E-state index contributed by atoms with van der Waals surface area (Å²) < 4.78 is 6.12. The first-order valence-electron chi connectivity index (χ1n) is 5.68. The molecular weight excluding hydrogens is 264 g/mol. The van der Waals surface area contributed by atoms with E-state index in [0.29, 0.717) is 11.4 Å². The number of esters is 1. The van der Waals surface area contributed by atoms with Gasteiger partial charge in [0.05, 0.1) is 12.8 Å². The van der Waals surface area contributed by atoms with Crippen molar-refractivity contribution in [3.05, 3.63) is 39.3 Å². The number of thiazole rings is 1. The summed E-state index contributed by atoms with van der Waals surface area (Å²) in [6.07, 6.45) is 0. The van der Waals surface area contributed by atoms with Crippen LogP contribution in [0.1, 0.15) is 13.0 Å². The number of aromatic nitrogens is 1. The van der Waals surface area contributed by atoms with Gasteiger partial charge in [-0.15, -0.1) is 0 Å². The first-order chi connectivity index (χ1) is 9.04. The van der Waals surface area contributed by atoms with Crippen LogP contribution in [-0.4, -0.2) is 17.6 Å². The Morgan fingerprint density at radius 1 is 1.37 bits per heavy atom. The van der Waals surface area contributed by atoms with Crippen molar-refractivity contribution in [3.63, 3.8) is 0 Å². The van der Waals surface area contributed by atoms with Crippen LogP contribution < -0.4 is 10.6 Å². The van der Waals surface area contributed by atoms with Crippen molar-refractivity contribution in [1.82, 2.24) is 4.57 Å². The summed E-state index contributed by atoms with van der Waals surface area (Å²) in [7, 11) is 1.30. The van der Waals surface area contributed by atoms with Crippen molar-refractivity contribution >= 4 is 23.0 Å². The molecule has 0 spiro atoms. The average molecular weight is 278 g/mol. The van der Waals surface area contributed by atoms with Gasteiger partial charge in [-0.05, 0) is 24.6 Å². The van der Waals surface area contributed by atoms with Crippen LogP contribution >= 0.6 is 11.3 Å². The van der Waals surface area contributed by atoms with E-state index in [1.54, 1.807) is 24.4 Å². The highest BCUT2D eigenvalue weighted by Crippen LogP contribution is 2.24. The Bertz CT molecular complexity index is 643. The Hall–Kier alpha value is -2.08. The Morgan fingerprint density at radius 3 is 2.58 bits per heavy atom. The highest BCUT2D eigenvalue weighted by atomic mass is 32.1. The van der Waals surface area contributed by atoms with Crippen molar-refractivity contribution in [3.8, 4) is 11.3 Å². The third-order valence-corrected chi connectivity index (χ3v) is 3.60. The molecule has 100 valence electrons. The van der Waals surface area contributed by atoms with Crippen LogP contribution in [-0.2, 0) is 9.53 Å². The smallest absolute Gasteiger partial charge is 0.328 e. The SMILES string of the molecule is COC(=O)C(C)n1c(-c2ccc(N)cc2)csc1=O. The second kappa shape index (κ2) is 5.27. The zero-order valence-corrected chi connectivity index (χ0v) is 11.4. The largest absolute Gasteiger partial charge is 0.467 e. The van der Waals surface area contributed by atoms with E-state index in [9.17, 15) is 9.59 Å². The van der Waals surface area contributed by atoms with Gasteiger partial charge in [0.25, 0.3) is 0 Å². The first kappa shape index (κ1) is 13.4. The van der Waals surface area contributed by atoms with Crippen LogP contribution in [0.4, 0.5) is 5.69 Å². The van der Waals surface area contributed by atoms with Gasteiger partial charge in [-0.2, -0.15) is 0 Å². The summed E-state index contributed by atoms with van der Waals surface area (Å²) in [5.74, 6) is -0.447. The van der Waals surface area contributed by atoms with E-state index in [0.717, 1.165) is 16.9 Å². The van der Waals surface area contributed by atoms with E-state index in [2.05, 4.69) is 4.74 Å². The van der Waals surface area contributed by atoms with Gasteiger partial charge in [-0.25, -0.2) is 4.79 Å². The lowest BCUT2D eigenvalue weighted by atomic mass is 10.1. The number of rotatable bonds is 3. The molecule has 0 aliphatic heterocycles. The third-order valence-electron chi connectivity index (χ3n) is 2.86. The summed E-state index contributed by atoms with van der Waals surface area (Å²) >= 11 is 1.05. The molecule has 1 aromatic heterocycles. The van der Waals surface area contributed by atoms with Gasteiger partial charge in [0.1, 0.15) is 6.04 Å². The van der Waals surface area contributed by atoms with Gasteiger partial charge >= 0.3 is 10.8 Å². The molecule has 19 heavy (non-hydrogen) atoms. The molecule has 2 N–H and O–H groups in total. The molecule has 0 saturated heterocycles. The maximum Gasteiger partial charge on any atom is 0.328 e. The highest BCUT2D eigenvalue weighted by molar-refractivity contribution is 7.07. The van der Waals surface area contributed by atoms with Crippen LogP contribution in [0.5, 0.6) is 0 Å². The number of nitrogens with zero attached hydrogens (tertiary/aromatic N) is 1. The molecule has 1 aromatic carbocycles. The van der Waals surface area contributed by atoms with Crippen molar-refractivity contribution < 1.29 is 9.53 Å². The van der Waals surface area contributed by atoms with E-state index in [4.69, 9.17) is 5.73 Å². The fourth-order valence-corrected chi connectivity index (χ4v) is 2.65. The number of hydrogen-bond donors (Lipinski definition) is 1. The summed E-state index contributed by atoms with van der Waals surface area (Å²) in [4.78, 5) is 23.3. The predicted octanol–water partition coefficient (Wildman–Crippen LogP) is 1.89. The van der Waals surface area contributed by atoms with Crippen LogP contribution in [0.25, 0.3) is 11.3 Å². The topological polar surface area (TPSA) is 74.3 Å². The number of anilines is 1. The molecular formula is C13H14N2O3S. The summed E-state index contributed by atoms with van der Waals surface area (Å²) in [5.41, 5.74) is 7.81. The molecule has 6 heteroatoms. The second-order valence-electron chi connectivity index (χ2n) is 4.08. The molecule has 0 bridgehead atoms. The quantitative estimate of drug-likeness (QED) is 0.687. The number of methoxy groups -OCH3 is 1. The Morgan fingerprint density at radius 2 is 2.00 bits per heavy atom. The summed E-state index contributed by atoms with van der Waals surface area (Å²) in [6, 6.07) is 6.49. The molecule has 0 fully saturated rings. The van der Waals surface area contributed by atoms with E-state index >= 15 is 0 Å². The molecule has 0 radical (unpaired) electrons. The van der Waals surface area contributed by atoms with Crippen molar-refractivity contribution in [2.45, 2.75) is 13.0 Å². The standard InChI is InChI=1S/C13H14N2O3S/c1-8(12(16)18-2)15-11(7-19-13(15)17)9-3-5-10(14)6-4-9/h3-8H,14H2,1-2H3. The first-order valence-corrected chi connectivity index (χ1v) is 6.56. The molecule has 0 saturated carbocycles. The lowest BCUT2D eigenvalue weighted by Gasteiger charge is -2.13. The number of carbonyl (C=O) groups excluding carboxylic acids is 1. The molecule has 0 amide bonds. The molecule has 1 unspecified atom stereocenters. The highest BCUT2D eigenvalue weighted by Gasteiger charge is 2.21. The van der Waals surface area contributed by atoms with Gasteiger partial charge in [-0.1, -0.05) is 23.5 Å². The monoisotopic (exact) mass is 278 g/mol. The van der Waals surface area contributed by atoms with Gasteiger partial charge in [0, 0.05) is 11.1 Å². The molecule has 5 nitrogen and oxygen atoms in total. The van der Waals surface area contributed by atoms with Gasteiger partial charge < -0.3 is 10.5 Å². The summed E-state index contributed by atoms with van der Waals surface area (Å²) in [5, 5.41) is 1.73. The molecule has 0 aliphatic rings. The van der Waals surface area contributed by atoms with Crippen LogP contribution in [0.2, 0.25) is 0 Å². The number of nitrogen functional groups attached to an aromatic ring is 1. The Balaban J connectivity index is 2.51. The fraction of sp³-hybridized carbons (Fsp3) is 0.231. The number of carbonyl (C=O) groups is 1. The fourth-order valence-electron chi connectivity index (χ4n) is 1.82. The van der Waals surface area contributed by atoms with E-state index in [1.165, 1.54) is 11.7 Å². The van der Waals surface area contributed by atoms with Crippen molar-refractivity contribution in [2.24, 2.45) is 0 Å². The summed E-state index contributed by atoms with van der Waals surface area (Å²) in [6.45, 7) is 1.64. The molecule has 1 atom stereocenters. The van der Waals surface area contributed by atoms with E-state index in [1.807, 2.05) is 12.1 Å². The lowest BCUT2D eigenvalue weighted by Crippen LogP contribution is -2.25. The predicted molar refractivity (Wildman–Crippen MR) is 75.2 cm³/mol. The maximum absolute atomic E-state index is 11.9. The zero-order valence-electron chi connectivity index (χ0n) is 10.6. The molecule has 2 rings (SSSR count). The molecule has 0 aliphatic carbocycles. The number of nitrogens with two attached hydrogens (primary N) is 1. The third kappa shape index (κ3) is 2.53. The minimum Gasteiger partial charge on any atom is -0.467 e. The van der Waals surface area contributed by atoms with Gasteiger partial charge in [0.15, 0.2) is 0 Å². The van der Waals surface area contributed by atoms with Gasteiger partial charge in [-0.3, -0.25) is 9.36 Å². The Labute approximate surface area is 114 Å². The van der Waals surface area contributed by atoms with E-state index < -0.39 is 12.0 Å². The van der Waals surface area contributed by atoms with Gasteiger partial charge in [0.2, 0.25) is 0 Å². The van der Waals surface area contributed by atoms with Crippen molar-refractivity contribution in [2.75, 3.05) is 12.8 Å². The minimum atomic E-state index is -0.656.